The van der Waals surface area contributed by atoms with Crippen molar-refractivity contribution in [2.45, 2.75) is 25.3 Å². The summed E-state index contributed by atoms with van der Waals surface area (Å²) in [5, 5.41) is 12.1. The van der Waals surface area contributed by atoms with Crippen LogP contribution in [0, 0.1) is 0 Å². The maximum absolute atomic E-state index is 12.2. The zero-order valence-corrected chi connectivity index (χ0v) is 14.4. The molecule has 0 aliphatic heterocycles. The first-order chi connectivity index (χ1) is 12.7. The van der Waals surface area contributed by atoms with E-state index in [0.29, 0.717) is 24.1 Å². The number of aliphatic hydroxyl groups excluding tert-OH is 1. The summed E-state index contributed by atoms with van der Waals surface area (Å²) in [5.74, 6) is -0.600. The van der Waals surface area contributed by atoms with E-state index in [2.05, 4.69) is 5.32 Å². The van der Waals surface area contributed by atoms with Crippen molar-refractivity contribution in [1.29, 1.82) is 0 Å². The number of hydrogen-bond donors (Lipinski definition) is 2. The molecule has 2 N–H and O–H groups in total. The fraction of sp³-hybridized carbons (Fsp3) is 0.300. The normalized spacial score (nSPS) is 12.2. The van der Waals surface area contributed by atoms with Crippen molar-refractivity contribution in [2.24, 2.45) is 0 Å². The maximum atomic E-state index is 12.2. The third-order valence-corrected chi connectivity index (χ3v) is 4.44. The van der Waals surface area contributed by atoms with E-state index >= 15 is 0 Å². The molecule has 0 saturated carbocycles. The second-order valence-electron chi connectivity index (χ2n) is 6.18. The zero-order chi connectivity index (χ0) is 18.4. The number of carbonyl (C=O) groups excluding carboxylic acids is 1. The van der Waals surface area contributed by atoms with Crippen LogP contribution in [0.5, 0.6) is 0 Å². The number of aliphatic hydroxyl groups is 1. The molecule has 26 heavy (non-hydrogen) atoms. The highest BCUT2D eigenvalue weighted by atomic mass is 16.4. The van der Waals surface area contributed by atoms with Crippen molar-refractivity contribution in [3.63, 3.8) is 0 Å². The van der Waals surface area contributed by atoms with Gasteiger partial charge in [-0.05, 0) is 36.5 Å². The summed E-state index contributed by atoms with van der Waals surface area (Å²) in [6, 6.07) is 17.0. The van der Waals surface area contributed by atoms with Crippen molar-refractivity contribution in [2.75, 3.05) is 13.2 Å². The van der Waals surface area contributed by atoms with Gasteiger partial charge in [-0.3, -0.25) is 9.36 Å². The predicted molar refractivity (Wildman–Crippen MR) is 99.0 cm³/mol. The van der Waals surface area contributed by atoms with Crippen LogP contribution in [0.25, 0.3) is 11.1 Å². The minimum absolute atomic E-state index is 0.0775. The number of carbonyl (C=O) groups is 1. The number of aromatic nitrogens is 1. The highest BCUT2D eigenvalue weighted by Crippen LogP contribution is 2.22. The Hall–Kier alpha value is -2.86. The fourth-order valence-corrected chi connectivity index (χ4v) is 3.11. The summed E-state index contributed by atoms with van der Waals surface area (Å²) in [5.41, 5.74) is 2.22. The first-order valence-corrected chi connectivity index (χ1v) is 8.70. The summed E-state index contributed by atoms with van der Waals surface area (Å²) in [4.78, 5) is 24.1. The number of benzene rings is 2. The lowest BCUT2D eigenvalue weighted by Crippen LogP contribution is -2.32. The number of nitrogens with one attached hydrogen (secondary N) is 1. The van der Waals surface area contributed by atoms with Gasteiger partial charge in [-0.1, -0.05) is 42.5 Å². The van der Waals surface area contributed by atoms with Gasteiger partial charge in [0.15, 0.2) is 5.58 Å². The van der Waals surface area contributed by atoms with E-state index in [4.69, 9.17) is 4.42 Å². The number of oxazole rings is 1. The van der Waals surface area contributed by atoms with Crippen molar-refractivity contribution < 1.29 is 14.3 Å². The minimum Gasteiger partial charge on any atom is -0.408 e. The third-order valence-electron chi connectivity index (χ3n) is 4.44. The van der Waals surface area contributed by atoms with Crippen LogP contribution in [0.4, 0.5) is 0 Å². The van der Waals surface area contributed by atoms with E-state index < -0.39 is 5.76 Å². The van der Waals surface area contributed by atoms with Crippen LogP contribution in [-0.2, 0) is 11.3 Å². The van der Waals surface area contributed by atoms with Crippen LogP contribution < -0.4 is 11.1 Å². The first kappa shape index (κ1) is 17.9. The van der Waals surface area contributed by atoms with Gasteiger partial charge in [-0.15, -0.1) is 0 Å². The topological polar surface area (TPSA) is 84.5 Å². The Morgan fingerprint density at radius 3 is 2.58 bits per heavy atom. The second-order valence-corrected chi connectivity index (χ2v) is 6.18. The summed E-state index contributed by atoms with van der Waals surface area (Å²) < 4.78 is 6.46. The van der Waals surface area contributed by atoms with Crippen LogP contribution in [0.3, 0.4) is 0 Å². The van der Waals surface area contributed by atoms with Gasteiger partial charge in [0.25, 0.3) is 0 Å². The molecule has 0 radical (unpaired) electrons. The molecule has 2 aromatic carbocycles. The molecule has 1 atom stereocenters. The molecule has 0 fully saturated rings. The highest BCUT2D eigenvalue weighted by Gasteiger charge is 2.14. The van der Waals surface area contributed by atoms with Crippen LogP contribution in [0.2, 0.25) is 0 Å². The fourth-order valence-electron chi connectivity index (χ4n) is 3.11. The molecule has 1 aromatic heterocycles. The van der Waals surface area contributed by atoms with Crippen LogP contribution >= 0.6 is 0 Å². The number of rotatable bonds is 8. The molecule has 1 amide bonds. The van der Waals surface area contributed by atoms with Crippen LogP contribution in [0.1, 0.15) is 24.3 Å². The molecule has 0 bridgehead atoms. The smallest absolute Gasteiger partial charge is 0.408 e. The lowest BCUT2D eigenvalue weighted by Gasteiger charge is -2.16. The average molecular weight is 354 g/mol. The van der Waals surface area contributed by atoms with Gasteiger partial charge in [-0.2, -0.15) is 0 Å². The molecule has 0 saturated heterocycles. The van der Waals surface area contributed by atoms with Gasteiger partial charge in [0.1, 0.15) is 6.54 Å². The van der Waals surface area contributed by atoms with Crippen molar-refractivity contribution >= 4 is 17.0 Å². The van der Waals surface area contributed by atoms with E-state index in [1.54, 1.807) is 24.3 Å². The molecule has 3 aromatic rings. The van der Waals surface area contributed by atoms with Crippen LogP contribution in [-0.4, -0.2) is 28.7 Å². The average Bonchev–Trinajstić information content (AvgIpc) is 2.97. The Morgan fingerprint density at radius 1 is 1.08 bits per heavy atom. The van der Waals surface area contributed by atoms with Gasteiger partial charge < -0.3 is 14.8 Å². The number of para-hydroxylation sites is 2. The monoisotopic (exact) mass is 354 g/mol. The molecule has 1 unspecified atom stereocenters. The van der Waals surface area contributed by atoms with Gasteiger partial charge in [0.05, 0.1) is 5.52 Å². The Kier molecular flexibility index (Phi) is 5.86. The van der Waals surface area contributed by atoms with E-state index in [1.165, 1.54) is 4.57 Å². The molecular weight excluding hydrogens is 332 g/mol. The van der Waals surface area contributed by atoms with E-state index in [-0.39, 0.29) is 25.0 Å². The maximum Gasteiger partial charge on any atom is 0.420 e. The first-order valence-electron chi connectivity index (χ1n) is 8.70. The molecule has 6 heteroatoms. The molecule has 3 rings (SSSR count). The van der Waals surface area contributed by atoms with Crippen molar-refractivity contribution in [3.05, 3.63) is 70.7 Å². The molecule has 136 valence electrons. The lowest BCUT2D eigenvalue weighted by molar-refractivity contribution is -0.121. The van der Waals surface area contributed by atoms with Gasteiger partial charge in [0, 0.05) is 13.2 Å². The molecule has 6 nitrogen and oxygen atoms in total. The predicted octanol–water partition coefficient (Wildman–Crippen LogP) is 2.27. The molecule has 0 aliphatic carbocycles. The Bertz CT molecular complexity index is 914. The summed E-state index contributed by atoms with van der Waals surface area (Å²) in [6.07, 6.45) is 1.36. The summed E-state index contributed by atoms with van der Waals surface area (Å²) >= 11 is 0. The number of hydrogen-bond acceptors (Lipinski definition) is 4. The number of amides is 1. The van der Waals surface area contributed by atoms with Crippen molar-refractivity contribution in [1.82, 2.24) is 9.88 Å². The van der Waals surface area contributed by atoms with E-state index in [1.807, 2.05) is 30.3 Å². The minimum atomic E-state index is -0.538. The highest BCUT2D eigenvalue weighted by molar-refractivity contribution is 5.79. The standard InChI is InChI=1S/C20H22N2O4/c23-13-11-16(15-6-2-1-3-7-15)10-12-21-19(24)14-22-17-8-4-5-9-18(17)26-20(22)25/h1-9,16,23H,10-14H2,(H,21,24). The van der Waals surface area contributed by atoms with Gasteiger partial charge in [-0.25, -0.2) is 4.79 Å². The quantitative estimate of drug-likeness (QED) is 0.650. The lowest BCUT2D eigenvalue weighted by atomic mass is 9.93. The van der Waals surface area contributed by atoms with Gasteiger partial charge >= 0.3 is 5.76 Å². The Balaban J connectivity index is 1.58. The second kappa shape index (κ2) is 8.49. The third kappa shape index (κ3) is 4.21. The molecule has 1 heterocycles. The Morgan fingerprint density at radius 2 is 1.81 bits per heavy atom. The number of fused-ring (bicyclic) bond motifs is 1. The molecule has 0 spiro atoms. The van der Waals surface area contributed by atoms with Crippen molar-refractivity contribution in [3.8, 4) is 0 Å². The summed E-state index contributed by atoms with van der Waals surface area (Å²) in [6.45, 7) is 0.499. The largest absolute Gasteiger partial charge is 0.420 e. The zero-order valence-electron chi connectivity index (χ0n) is 14.4. The van der Waals surface area contributed by atoms with E-state index in [0.717, 1.165) is 12.0 Å². The Labute approximate surface area is 151 Å². The molecule has 0 aliphatic rings. The van der Waals surface area contributed by atoms with Crippen LogP contribution in [0.15, 0.2) is 63.8 Å². The molecular formula is C20H22N2O4. The summed E-state index contributed by atoms with van der Waals surface area (Å²) in [7, 11) is 0. The van der Waals surface area contributed by atoms with Gasteiger partial charge in [0.2, 0.25) is 5.91 Å². The SMILES string of the molecule is O=C(Cn1c(=O)oc2ccccc21)NCCC(CCO)c1ccccc1. The van der Waals surface area contributed by atoms with E-state index in [9.17, 15) is 14.7 Å². The number of nitrogens with zero attached hydrogens (tertiary/aromatic N) is 1.